The van der Waals surface area contributed by atoms with E-state index in [0.717, 1.165) is 15.3 Å². The first-order valence-corrected chi connectivity index (χ1v) is 10.5. The number of rotatable bonds is 5. The summed E-state index contributed by atoms with van der Waals surface area (Å²) in [5.74, 6) is -1.07. The fourth-order valence-corrected chi connectivity index (χ4v) is 4.60. The molecule has 2 heterocycles. The van der Waals surface area contributed by atoms with Crippen molar-refractivity contribution in [3.63, 3.8) is 0 Å². The number of nitrogens with one attached hydrogen (secondary N) is 1. The number of hydrogen-bond donors (Lipinski definition) is 1. The summed E-state index contributed by atoms with van der Waals surface area (Å²) < 4.78 is 55.8. The van der Waals surface area contributed by atoms with Gasteiger partial charge in [0.1, 0.15) is 11.6 Å². The van der Waals surface area contributed by atoms with Gasteiger partial charge in [-0.1, -0.05) is 29.5 Å². The third-order valence-electron chi connectivity index (χ3n) is 5.13. The minimum Gasteiger partial charge on any atom is -0.405 e. The molecule has 10 heteroatoms. The Kier molecular flexibility index (Phi) is 5.99. The van der Waals surface area contributed by atoms with E-state index >= 15 is 0 Å². The molecule has 5 nitrogen and oxygen atoms in total. The first-order chi connectivity index (χ1) is 14.8. The van der Waals surface area contributed by atoms with Gasteiger partial charge in [-0.2, -0.15) is 0 Å². The highest BCUT2D eigenvalue weighted by atomic mass is 32.1. The van der Waals surface area contributed by atoms with Crippen LogP contribution in [0, 0.1) is 11.7 Å². The van der Waals surface area contributed by atoms with Crippen LogP contribution in [0.15, 0.2) is 42.5 Å². The van der Waals surface area contributed by atoms with Gasteiger partial charge in [0.25, 0.3) is 0 Å². The number of fused-ring (bicyclic) bond motifs is 1. The summed E-state index contributed by atoms with van der Waals surface area (Å²) in [5.41, 5.74) is 0.994. The number of anilines is 1. The lowest BCUT2D eigenvalue weighted by atomic mass is 9.96. The number of carbonyl (C=O) groups excluding carboxylic acids is 1. The highest BCUT2D eigenvalue weighted by molar-refractivity contribution is 7.22. The molecule has 1 aliphatic heterocycles. The van der Waals surface area contributed by atoms with Crippen molar-refractivity contribution in [3.8, 4) is 5.75 Å². The zero-order chi connectivity index (χ0) is 22.0. The number of thiazole rings is 1. The Morgan fingerprint density at radius 2 is 1.94 bits per heavy atom. The van der Waals surface area contributed by atoms with Crippen LogP contribution in [0.5, 0.6) is 5.75 Å². The van der Waals surface area contributed by atoms with Crippen molar-refractivity contribution in [2.75, 3.05) is 18.0 Å². The molecular weight excluding hydrogens is 434 g/mol. The molecule has 0 radical (unpaired) electrons. The highest BCUT2D eigenvalue weighted by Crippen LogP contribution is 2.32. The van der Waals surface area contributed by atoms with Crippen LogP contribution in [-0.4, -0.2) is 30.3 Å². The lowest BCUT2D eigenvalue weighted by molar-refractivity contribution is -0.274. The van der Waals surface area contributed by atoms with Gasteiger partial charge in [0.05, 0.1) is 10.2 Å². The van der Waals surface area contributed by atoms with Crippen LogP contribution in [0.2, 0.25) is 0 Å². The Morgan fingerprint density at radius 1 is 1.19 bits per heavy atom. The molecule has 0 atom stereocenters. The van der Waals surface area contributed by atoms with Gasteiger partial charge in [-0.3, -0.25) is 4.79 Å². The summed E-state index contributed by atoms with van der Waals surface area (Å²) in [4.78, 5) is 19.1. The molecule has 0 saturated carbocycles. The number of alkyl halides is 3. The van der Waals surface area contributed by atoms with E-state index in [1.807, 2.05) is 0 Å². The molecule has 1 N–H and O–H groups in total. The van der Waals surface area contributed by atoms with Crippen molar-refractivity contribution in [3.05, 3.63) is 53.8 Å². The molecule has 0 aliphatic carbocycles. The van der Waals surface area contributed by atoms with E-state index in [0.29, 0.717) is 25.9 Å². The van der Waals surface area contributed by atoms with Crippen LogP contribution in [0.25, 0.3) is 10.2 Å². The van der Waals surface area contributed by atoms with Crippen LogP contribution in [0.1, 0.15) is 18.4 Å². The summed E-state index contributed by atoms with van der Waals surface area (Å²) in [6.45, 7) is 1.19. The maximum atomic E-state index is 13.4. The molecule has 1 amide bonds. The highest BCUT2D eigenvalue weighted by Gasteiger charge is 2.32. The molecule has 1 aromatic heterocycles. The second kappa shape index (κ2) is 8.70. The molecule has 2 aromatic carbocycles. The van der Waals surface area contributed by atoms with Gasteiger partial charge in [-0.05, 0) is 37.1 Å². The van der Waals surface area contributed by atoms with E-state index in [4.69, 9.17) is 0 Å². The van der Waals surface area contributed by atoms with Gasteiger partial charge in [-0.15, -0.1) is 13.2 Å². The lowest BCUT2D eigenvalue weighted by Crippen LogP contribution is -2.40. The van der Waals surface area contributed by atoms with E-state index in [9.17, 15) is 22.4 Å². The molecule has 3 aromatic rings. The Balaban J connectivity index is 1.32. The number of ether oxygens (including phenoxy) is 1. The first kappa shape index (κ1) is 21.4. The number of carbonyl (C=O) groups is 1. The van der Waals surface area contributed by atoms with Crippen molar-refractivity contribution in [2.24, 2.45) is 5.92 Å². The van der Waals surface area contributed by atoms with Crippen molar-refractivity contribution in [1.29, 1.82) is 0 Å². The summed E-state index contributed by atoms with van der Waals surface area (Å²) in [5, 5.41) is 3.51. The predicted molar refractivity (Wildman–Crippen MR) is 109 cm³/mol. The molecular formula is C21H19F4N3O2S. The first-order valence-electron chi connectivity index (χ1n) is 9.71. The Bertz CT molecular complexity index is 1080. The Morgan fingerprint density at radius 3 is 2.68 bits per heavy atom. The molecule has 1 aliphatic rings. The van der Waals surface area contributed by atoms with Crippen LogP contribution in [0.4, 0.5) is 22.7 Å². The predicted octanol–water partition coefficient (Wildman–Crippen LogP) is 4.87. The molecule has 0 spiro atoms. The molecule has 0 bridgehead atoms. The lowest BCUT2D eigenvalue weighted by Gasteiger charge is -2.31. The zero-order valence-electron chi connectivity index (χ0n) is 16.3. The molecule has 4 rings (SSSR count). The number of aromatic nitrogens is 1. The molecule has 31 heavy (non-hydrogen) atoms. The van der Waals surface area contributed by atoms with E-state index in [1.165, 1.54) is 41.7 Å². The van der Waals surface area contributed by atoms with Crippen molar-refractivity contribution < 1.29 is 27.1 Å². The van der Waals surface area contributed by atoms with E-state index < -0.39 is 6.36 Å². The number of nitrogens with zero attached hydrogens (tertiary/aromatic N) is 2. The van der Waals surface area contributed by atoms with Gasteiger partial charge < -0.3 is 15.0 Å². The van der Waals surface area contributed by atoms with Crippen molar-refractivity contribution in [1.82, 2.24) is 10.3 Å². The summed E-state index contributed by atoms with van der Waals surface area (Å²) in [6, 6.07) is 10.2. The molecule has 1 fully saturated rings. The smallest absolute Gasteiger partial charge is 0.405 e. The molecule has 1 saturated heterocycles. The largest absolute Gasteiger partial charge is 0.573 e. The van der Waals surface area contributed by atoms with Crippen LogP contribution in [-0.2, 0) is 11.3 Å². The van der Waals surface area contributed by atoms with Gasteiger partial charge in [0.15, 0.2) is 5.13 Å². The standard InChI is InChI=1S/C21H19F4N3O2S/c22-15-5-6-16-18(11-15)31-20(27-16)28-9-7-13(8-10-28)19(29)26-12-14-3-1-2-4-17(14)30-21(23,24)25/h1-6,11,13H,7-10,12H2,(H,26,29). The summed E-state index contributed by atoms with van der Waals surface area (Å²) in [6.07, 6.45) is -3.60. The number of halogens is 4. The second-order valence-corrected chi connectivity index (χ2v) is 8.25. The number of para-hydroxylation sites is 1. The SMILES string of the molecule is O=C(NCc1ccccc1OC(F)(F)F)C1CCN(c2nc3ccc(F)cc3s2)CC1. The minimum atomic E-state index is -4.79. The van der Waals surface area contributed by atoms with Crippen molar-refractivity contribution in [2.45, 2.75) is 25.7 Å². The van der Waals surface area contributed by atoms with E-state index in [2.05, 4.69) is 19.9 Å². The average molecular weight is 453 g/mol. The van der Waals surface area contributed by atoms with Crippen LogP contribution < -0.4 is 15.0 Å². The maximum Gasteiger partial charge on any atom is 0.573 e. The molecule has 164 valence electrons. The fourth-order valence-electron chi connectivity index (χ4n) is 3.56. The van der Waals surface area contributed by atoms with Crippen molar-refractivity contribution >= 4 is 32.6 Å². The minimum absolute atomic E-state index is 0.0469. The fraction of sp³-hybridized carbons (Fsp3) is 0.333. The average Bonchev–Trinajstić information content (AvgIpc) is 3.15. The monoisotopic (exact) mass is 453 g/mol. The topological polar surface area (TPSA) is 54.5 Å². The number of hydrogen-bond acceptors (Lipinski definition) is 5. The maximum absolute atomic E-state index is 13.4. The number of amides is 1. The van der Waals surface area contributed by atoms with Gasteiger partial charge in [0, 0.05) is 31.1 Å². The third-order valence-corrected chi connectivity index (χ3v) is 6.21. The van der Waals surface area contributed by atoms with E-state index in [1.54, 1.807) is 12.1 Å². The normalized spacial score (nSPS) is 15.3. The summed E-state index contributed by atoms with van der Waals surface area (Å²) >= 11 is 1.41. The van der Waals surface area contributed by atoms with Gasteiger partial charge in [0.2, 0.25) is 5.91 Å². The second-order valence-electron chi connectivity index (χ2n) is 7.24. The van der Waals surface area contributed by atoms with E-state index in [-0.39, 0.29) is 35.5 Å². The molecule has 0 unspecified atom stereocenters. The quantitative estimate of drug-likeness (QED) is 0.561. The van der Waals surface area contributed by atoms with Gasteiger partial charge in [-0.25, -0.2) is 9.37 Å². The Labute approximate surface area is 179 Å². The zero-order valence-corrected chi connectivity index (χ0v) is 17.1. The third kappa shape index (κ3) is 5.25. The number of piperidine rings is 1. The number of benzene rings is 2. The summed E-state index contributed by atoms with van der Waals surface area (Å²) in [7, 11) is 0. The Hall–Kier alpha value is -2.88. The van der Waals surface area contributed by atoms with Crippen LogP contribution in [0.3, 0.4) is 0 Å². The van der Waals surface area contributed by atoms with Crippen LogP contribution >= 0.6 is 11.3 Å². The van der Waals surface area contributed by atoms with Gasteiger partial charge >= 0.3 is 6.36 Å².